The van der Waals surface area contributed by atoms with Gasteiger partial charge in [0.15, 0.2) is 5.76 Å². The SMILES string of the molecule is COC(=O)c1ccc2c(c1)C(OS(=O)(=O)C(F)(F)F)=C(C)C(C)(C)O2. The molecule has 0 saturated heterocycles. The van der Waals surface area contributed by atoms with Gasteiger partial charge in [0.05, 0.1) is 18.2 Å². The van der Waals surface area contributed by atoms with Crippen LogP contribution in [0.3, 0.4) is 0 Å². The van der Waals surface area contributed by atoms with Gasteiger partial charge in [0.1, 0.15) is 11.4 Å². The Morgan fingerprint density at radius 2 is 1.84 bits per heavy atom. The highest BCUT2D eigenvalue weighted by atomic mass is 32.2. The summed E-state index contributed by atoms with van der Waals surface area (Å²) in [4.78, 5) is 11.6. The zero-order chi connectivity index (χ0) is 19.2. The van der Waals surface area contributed by atoms with E-state index in [2.05, 4.69) is 8.92 Å². The summed E-state index contributed by atoms with van der Waals surface area (Å²) in [5.41, 5.74) is -6.68. The molecule has 1 aliphatic rings. The van der Waals surface area contributed by atoms with Crippen LogP contribution < -0.4 is 4.74 Å². The molecule has 0 radical (unpaired) electrons. The lowest BCUT2D eigenvalue weighted by atomic mass is 9.91. The van der Waals surface area contributed by atoms with Gasteiger partial charge < -0.3 is 13.7 Å². The Balaban J connectivity index is 2.66. The number of rotatable bonds is 3. The lowest BCUT2D eigenvalue weighted by molar-refractivity contribution is -0.0511. The Morgan fingerprint density at radius 3 is 2.36 bits per heavy atom. The second-order valence-corrected chi connectivity index (χ2v) is 7.29. The predicted octanol–water partition coefficient (Wildman–Crippen LogP) is 3.24. The summed E-state index contributed by atoms with van der Waals surface area (Å²) in [5.74, 6) is -1.20. The van der Waals surface area contributed by atoms with E-state index in [4.69, 9.17) is 4.74 Å². The van der Waals surface area contributed by atoms with Gasteiger partial charge in [0.2, 0.25) is 0 Å². The van der Waals surface area contributed by atoms with Crippen molar-refractivity contribution in [1.29, 1.82) is 0 Å². The fourth-order valence-corrected chi connectivity index (χ4v) is 2.66. The molecule has 0 aliphatic carbocycles. The van der Waals surface area contributed by atoms with Crippen LogP contribution in [0.15, 0.2) is 23.8 Å². The van der Waals surface area contributed by atoms with Crippen molar-refractivity contribution in [3.05, 3.63) is 34.9 Å². The highest BCUT2D eigenvalue weighted by molar-refractivity contribution is 7.87. The molecule has 0 unspecified atom stereocenters. The van der Waals surface area contributed by atoms with E-state index >= 15 is 0 Å². The molecule has 1 heterocycles. The van der Waals surface area contributed by atoms with E-state index in [-0.39, 0.29) is 22.4 Å². The molecule has 0 N–H and O–H groups in total. The van der Waals surface area contributed by atoms with Crippen LogP contribution in [0, 0.1) is 0 Å². The van der Waals surface area contributed by atoms with E-state index in [0.717, 1.165) is 13.2 Å². The molecule has 0 atom stereocenters. The maximum absolute atomic E-state index is 12.7. The summed E-state index contributed by atoms with van der Waals surface area (Å²) in [5, 5.41) is 0. The summed E-state index contributed by atoms with van der Waals surface area (Å²) in [6.45, 7) is 4.47. The monoisotopic (exact) mass is 380 g/mol. The standard InChI is InChI=1S/C15H15F3O6S/c1-8-12(24-25(20,21)15(16,17)18)10-7-9(13(19)22-4)5-6-11(10)23-14(8,2)3/h5-7H,1-4H3. The lowest BCUT2D eigenvalue weighted by Crippen LogP contribution is -2.35. The van der Waals surface area contributed by atoms with E-state index in [1.54, 1.807) is 13.8 Å². The number of methoxy groups -OCH3 is 1. The molecule has 0 saturated carbocycles. The molecule has 0 amide bonds. The number of benzene rings is 1. The van der Waals surface area contributed by atoms with E-state index < -0.39 is 33.0 Å². The van der Waals surface area contributed by atoms with Crippen molar-refractivity contribution in [3.63, 3.8) is 0 Å². The minimum Gasteiger partial charge on any atom is -0.483 e. The van der Waals surface area contributed by atoms with Gasteiger partial charge >= 0.3 is 21.6 Å². The van der Waals surface area contributed by atoms with Gasteiger partial charge in [-0.25, -0.2) is 4.79 Å². The molecule has 0 fully saturated rings. The van der Waals surface area contributed by atoms with Crippen molar-refractivity contribution in [1.82, 2.24) is 0 Å². The highest BCUT2D eigenvalue weighted by Gasteiger charge is 2.50. The first-order valence-corrected chi connectivity index (χ1v) is 8.35. The van der Waals surface area contributed by atoms with Crippen molar-refractivity contribution < 1.29 is 40.0 Å². The Bertz CT molecular complexity index is 853. The summed E-state index contributed by atoms with van der Waals surface area (Å²) in [6.07, 6.45) is 0. The van der Waals surface area contributed by atoms with Crippen molar-refractivity contribution in [2.45, 2.75) is 31.9 Å². The second-order valence-electron chi connectivity index (χ2n) is 5.75. The molecule has 6 nitrogen and oxygen atoms in total. The number of fused-ring (bicyclic) bond motifs is 1. The molecule has 1 aliphatic heterocycles. The van der Waals surface area contributed by atoms with Crippen molar-refractivity contribution in [2.24, 2.45) is 0 Å². The molecule has 0 spiro atoms. The van der Waals surface area contributed by atoms with Gasteiger partial charge in [-0.1, -0.05) is 0 Å². The average molecular weight is 380 g/mol. The molecule has 0 bridgehead atoms. The van der Waals surface area contributed by atoms with Crippen LogP contribution in [0.5, 0.6) is 5.75 Å². The number of hydrogen-bond donors (Lipinski definition) is 0. The largest absolute Gasteiger partial charge is 0.534 e. The van der Waals surface area contributed by atoms with Gasteiger partial charge in [-0.15, -0.1) is 0 Å². The van der Waals surface area contributed by atoms with Crippen LogP contribution in [-0.4, -0.2) is 32.6 Å². The average Bonchev–Trinajstić information content (AvgIpc) is 2.49. The molecule has 0 aromatic heterocycles. The Kier molecular flexibility index (Phi) is 4.54. The molecule has 1 aromatic rings. The zero-order valence-electron chi connectivity index (χ0n) is 13.7. The Morgan fingerprint density at radius 1 is 1.24 bits per heavy atom. The third-order valence-electron chi connectivity index (χ3n) is 3.73. The summed E-state index contributed by atoms with van der Waals surface area (Å²) >= 11 is 0. The normalized spacial score (nSPS) is 16.8. The van der Waals surface area contributed by atoms with Crippen LogP contribution in [0.1, 0.15) is 36.7 Å². The predicted molar refractivity (Wildman–Crippen MR) is 81.1 cm³/mol. The number of alkyl halides is 3. The number of carbonyl (C=O) groups excluding carboxylic acids is 1. The molecular formula is C15H15F3O6S. The van der Waals surface area contributed by atoms with Crippen molar-refractivity contribution in [2.75, 3.05) is 7.11 Å². The van der Waals surface area contributed by atoms with Gasteiger partial charge in [0.25, 0.3) is 0 Å². The molecule has 138 valence electrons. The first kappa shape index (κ1) is 19.1. The van der Waals surface area contributed by atoms with Crippen molar-refractivity contribution >= 4 is 21.8 Å². The minimum absolute atomic E-state index is 0.00265. The van der Waals surface area contributed by atoms with Gasteiger partial charge in [-0.3, -0.25) is 0 Å². The minimum atomic E-state index is -5.89. The van der Waals surface area contributed by atoms with E-state index in [1.165, 1.54) is 19.1 Å². The molecular weight excluding hydrogens is 365 g/mol. The number of halogens is 3. The van der Waals surface area contributed by atoms with Gasteiger partial charge in [0, 0.05) is 5.57 Å². The maximum atomic E-state index is 12.7. The van der Waals surface area contributed by atoms with E-state index in [1.807, 2.05) is 0 Å². The maximum Gasteiger partial charge on any atom is 0.534 e. The number of esters is 1. The molecule has 10 heteroatoms. The third-order valence-corrected chi connectivity index (χ3v) is 4.68. The van der Waals surface area contributed by atoms with E-state index in [9.17, 15) is 26.4 Å². The first-order chi connectivity index (χ1) is 11.3. The van der Waals surface area contributed by atoms with Crippen LogP contribution in [0.2, 0.25) is 0 Å². The lowest BCUT2D eigenvalue weighted by Gasteiger charge is -2.35. The van der Waals surface area contributed by atoms with Gasteiger partial charge in [-0.05, 0) is 39.0 Å². The molecule has 25 heavy (non-hydrogen) atoms. The summed E-state index contributed by atoms with van der Waals surface area (Å²) < 4.78 is 75.6. The number of ether oxygens (including phenoxy) is 2. The fraction of sp³-hybridized carbons (Fsp3) is 0.400. The molecule has 1 aromatic carbocycles. The quantitative estimate of drug-likeness (QED) is 0.455. The van der Waals surface area contributed by atoms with Crippen LogP contribution in [-0.2, 0) is 19.0 Å². The van der Waals surface area contributed by atoms with Gasteiger partial charge in [-0.2, -0.15) is 21.6 Å². The summed E-state index contributed by atoms with van der Waals surface area (Å²) in [6, 6.07) is 3.83. The third kappa shape index (κ3) is 3.44. The Labute approximate surface area is 142 Å². The summed E-state index contributed by atoms with van der Waals surface area (Å²) in [7, 11) is -4.76. The zero-order valence-corrected chi connectivity index (χ0v) is 14.5. The topological polar surface area (TPSA) is 78.9 Å². The van der Waals surface area contributed by atoms with Crippen LogP contribution >= 0.6 is 0 Å². The highest BCUT2D eigenvalue weighted by Crippen LogP contribution is 2.43. The Hall–Kier alpha value is -2.23. The first-order valence-electron chi connectivity index (χ1n) is 6.94. The number of hydrogen-bond acceptors (Lipinski definition) is 6. The van der Waals surface area contributed by atoms with Crippen LogP contribution in [0.25, 0.3) is 5.76 Å². The van der Waals surface area contributed by atoms with Crippen LogP contribution in [0.4, 0.5) is 13.2 Å². The van der Waals surface area contributed by atoms with Crippen molar-refractivity contribution in [3.8, 4) is 5.75 Å². The fourth-order valence-electron chi connectivity index (χ4n) is 2.13. The second kappa shape index (κ2) is 5.94. The number of carbonyl (C=O) groups is 1. The van der Waals surface area contributed by atoms with E-state index in [0.29, 0.717) is 0 Å². The molecule has 2 rings (SSSR count). The smallest absolute Gasteiger partial charge is 0.483 e.